The fourth-order valence-electron chi connectivity index (χ4n) is 3.62. The fraction of sp³-hybridized carbons (Fsp3) is 0.435. The number of nitrogens with one attached hydrogen (secondary N) is 2. The number of dihydropyridines is 1. The molecule has 0 saturated carbocycles. The third-order valence-corrected chi connectivity index (χ3v) is 4.80. The van der Waals surface area contributed by atoms with Crippen molar-refractivity contribution in [3.8, 4) is 0 Å². The van der Waals surface area contributed by atoms with Gasteiger partial charge in [0.25, 0.3) is 0 Å². The van der Waals surface area contributed by atoms with Crippen molar-refractivity contribution in [3.05, 3.63) is 57.9 Å². The van der Waals surface area contributed by atoms with Gasteiger partial charge in [0.1, 0.15) is 12.1 Å². The van der Waals surface area contributed by atoms with Gasteiger partial charge in [0.05, 0.1) is 24.2 Å². The maximum Gasteiger partial charge on any atom is 0.416 e. The number of benzene rings is 1. The van der Waals surface area contributed by atoms with Crippen LogP contribution in [0.25, 0.3) is 0 Å². The Morgan fingerprint density at radius 3 is 2.15 bits per heavy atom. The van der Waals surface area contributed by atoms with Gasteiger partial charge in [0, 0.05) is 17.0 Å². The van der Waals surface area contributed by atoms with Crippen molar-refractivity contribution < 1.29 is 37.0 Å². The lowest BCUT2D eigenvalue weighted by molar-refractivity contribution is -0.154. The maximum atomic E-state index is 13.8. The zero-order valence-corrected chi connectivity index (χ0v) is 19.3. The number of carbonyl (C=O) groups excluding carboxylic acids is 3. The van der Waals surface area contributed by atoms with Crippen molar-refractivity contribution in [2.45, 2.75) is 52.3 Å². The Labute approximate surface area is 190 Å². The number of carbonyl (C=O) groups is 3. The summed E-state index contributed by atoms with van der Waals surface area (Å²) in [7, 11) is 1.10. The van der Waals surface area contributed by atoms with E-state index in [0.29, 0.717) is 0 Å². The van der Waals surface area contributed by atoms with Gasteiger partial charge >= 0.3 is 18.1 Å². The normalized spacial score (nSPS) is 16.8. The molecule has 1 aliphatic heterocycles. The summed E-state index contributed by atoms with van der Waals surface area (Å²) in [5, 5.41) is 5.25. The molecule has 0 saturated heterocycles. The number of ether oxygens (including phenoxy) is 2. The summed E-state index contributed by atoms with van der Waals surface area (Å²) in [6.07, 6.45) is -4.73. The van der Waals surface area contributed by atoms with Gasteiger partial charge in [0.2, 0.25) is 5.91 Å². The van der Waals surface area contributed by atoms with Crippen LogP contribution in [-0.4, -0.2) is 37.1 Å². The van der Waals surface area contributed by atoms with Gasteiger partial charge in [-0.05, 0) is 46.2 Å². The van der Waals surface area contributed by atoms with Crippen LogP contribution in [0.3, 0.4) is 0 Å². The zero-order valence-electron chi connectivity index (χ0n) is 19.3. The number of hydrogen-bond acceptors (Lipinski definition) is 6. The number of methoxy groups -OCH3 is 1. The average Bonchev–Trinajstić information content (AvgIpc) is 2.69. The summed E-state index contributed by atoms with van der Waals surface area (Å²) in [4.78, 5) is 37.7. The summed E-state index contributed by atoms with van der Waals surface area (Å²) in [6.45, 7) is 7.48. The second-order valence-corrected chi connectivity index (χ2v) is 8.48. The number of alkyl halides is 3. The third kappa shape index (κ3) is 6.15. The number of amides is 1. The van der Waals surface area contributed by atoms with Gasteiger partial charge in [0.15, 0.2) is 0 Å². The van der Waals surface area contributed by atoms with Gasteiger partial charge in [-0.3, -0.25) is 9.59 Å². The Balaban J connectivity index is 2.57. The van der Waals surface area contributed by atoms with Crippen LogP contribution in [0, 0.1) is 0 Å². The summed E-state index contributed by atoms with van der Waals surface area (Å²) < 4.78 is 51.4. The van der Waals surface area contributed by atoms with Gasteiger partial charge in [-0.1, -0.05) is 18.2 Å². The molecule has 0 aliphatic carbocycles. The molecule has 1 aromatic rings. The summed E-state index contributed by atoms with van der Waals surface area (Å²) in [6, 6.07) is 4.71. The van der Waals surface area contributed by atoms with Crippen molar-refractivity contribution in [3.63, 3.8) is 0 Å². The molecule has 0 bridgehead atoms. The highest BCUT2D eigenvalue weighted by atomic mass is 19.4. The van der Waals surface area contributed by atoms with E-state index in [2.05, 4.69) is 10.6 Å². The number of hydrogen-bond donors (Lipinski definition) is 2. The van der Waals surface area contributed by atoms with E-state index >= 15 is 0 Å². The highest BCUT2D eigenvalue weighted by Gasteiger charge is 2.42. The molecule has 1 aliphatic rings. The van der Waals surface area contributed by atoms with Gasteiger partial charge in [-0.2, -0.15) is 13.2 Å². The van der Waals surface area contributed by atoms with E-state index in [-0.39, 0.29) is 28.1 Å². The Kier molecular flexibility index (Phi) is 7.61. The molecule has 180 valence electrons. The smallest absolute Gasteiger partial charge is 0.416 e. The monoisotopic (exact) mass is 468 g/mol. The molecule has 0 fully saturated rings. The van der Waals surface area contributed by atoms with Gasteiger partial charge < -0.3 is 20.1 Å². The number of esters is 2. The van der Waals surface area contributed by atoms with E-state index in [1.807, 2.05) is 0 Å². The van der Waals surface area contributed by atoms with Crippen molar-refractivity contribution >= 4 is 17.8 Å². The number of halogens is 3. The van der Waals surface area contributed by atoms with E-state index in [1.54, 1.807) is 20.8 Å². The standard InChI is InChI=1S/C23H27F3N2O5/c1-12-17(20(30)27-11-16(29)33-22(3,4)5)19(18(13(2)28-12)21(31)32-6)14-9-7-8-10-15(14)23(24,25)26/h7-10,19,28H,11H2,1-6H3,(H,27,30). The lowest BCUT2D eigenvalue weighted by Gasteiger charge is -2.32. The highest BCUT2D eigenvalue weighted by Crippen LogP contribution is 2.44. The van der Waals surface area contributed by atoms with Crippen LogP contribution in [0.1, 0.15) is 51.7 Å². The van der Waals surface area contributed by atoms with Crippen molar-refractivity contribution in [2.24, 2.45) is 0 Å². The molecule has 1 heterocycles. The van der Waals surface area contributed by atoms with Crippen LogP contribution in [0.4, 0.5) is 13.2 Å². The van der Waals surface area contributed by atoms with Crippen LogP contribution >= 0.6 is 0 Å². The van der Waals surface area contributed by atoms with Crippen molar-refractivity contribution in [1.82, 2.24) is 10.6 Å². The van der Waals surface area contributed by atoms with Crippen molar-refractivity contribution in [2.75, 3.05) is 13.7 Å². The molecule has 2 rings (SSSR count). The first-order chi connectivity index (χ1) is 15.2. The van der Waals surface area contributed by atoms with Gasteiger partial charge in [-0.15, -0.1) is 0 Å². The van der Waals surface area contributed by atoms with Crippen LogP contribution < -0.4 is 10.6 Å². The first kappa shape index (κ1) is 26.0. The lowest BCUT2D eigenvalue weighted by atomic mass is 9.78. The maximum absolute atomic E-state index is 13.8. The first-order valence-corrected chi connectivity index (χ1v) is 10.1. The second-order valence-electron chi connectivity index (χ2n) is 8.48. The molecule has 10 heteroatoms. The molecule has 0 radical (unpaired) electrons. The topological polar surface area (TPSA) is 93.7 Å². The Morgan fingerprint density at radius 2 is 1.61 bits per heavy atom. The summed E-state index contributed by atoms with van der Waals surface area (Å²) in [5.74, 6) is -3.80. The van der Waals surface area contributed by atoms with E-state index in [9.17, 15) is 27.6 Å². The van der Waals surface area contributed by atoms with Gasteiger partial charge in [-0.25, -0.2) is 4.79 Å². The number of rotatable bonds is 5. The molecule has 1 aromatic carbocycles. The molecule has 7 nitrogen and oxygen atoms in total. The Bertz CT molecular complexity index is 1020. The quantitative estimate of drug-likeness (QED) is 0.642. The second kappa shape index (κ2) is 9.68. The molecule has 1 atom stereocenters. The molecular formula is C23H27F3N2O5. The van der Waals surface area contributed by atoms with Crippen LogP contribution in [0.15, 0.2) is 46.8 Å². The Hall–Kier alpha value is -3.30. The fourth-order valence-corrected chi connectivity index (χ4v) is 3.62. The van der Waals surface area contributed by atoms with Crippen LogP contribution in [0.5, 0.6) is 0 Å². The predicted molar refractivity (Wildman–Crippen MR) is 114 cm³/mol. The molecule has 33 heavy (non-hydrogen) atoms. The van der Waals surface area contributed by atoms with E-state index in [0.717, 1.165) is 13.2 Å². The molecule has 0 aromatic heterocycles. The van der Waals surface area contributed by atoms with Crippen molar-refractivity contribution in [1.29, 1.82) is 0 Å². The van der Waals surface area contributed by atoms with E-state index in [1.165, 1.54) is 32.0 Å². The predicted octanol–water partition coefficient (Wildman–Crippen LogP) is 3.57. The van der Waals surface area contributed by atoms with Crippen LogP contribution in [0.2, 0.25) is 0 Å². The minimum Gasteiger partial charge on any atom is -0.466 e. The molecule has 2 N–H and O–H groups in total. The molecule has 0 spiro atoms. The largest absolute Gasteiger partial charge is 0.466 e. The molecule has 1 amide bonds. The lowest BCUT2D eigenvalue weighted by Crippen LogP contribution is -2.40. The number of allylic oxidation sites excluding steroid dienone is 2. The third-order valence-electron chi connectivity index (χ3n) is 4.80. The highest BCUT2D eigenvalue weighted by molar-refractivity contribution is 6.03. The summed E-state index contributed by atoms with van der Waals surface area (Å²) >= 11 is 0. The minimum atomic E-state index is -4.73. The molecule has 1 unspecified atom stereocenters. The first-order valence-electron chi connectivity index (χ1n) is 10.1. The van der Waals surface area contributed by atoms with E-state index < -0.39 is 47.6 Å². The van der Waals surface area contributed by atoms with Crippen LogP contribution in [-0.2, 0) is 30.0 Å². The SMILES string of the molecule is COC(=O)C1=C(C)NC(C)=C(C(=O)NCC(=O)OC(C)(C)C)C1c1ccccc1C(F)(F)F. The zero-order chi connectivity index (χ0) is 25.1. The van der Waals surface area contributed by atoms with E-state index in [4.69, 9.17) is 9.47 Å². The minimum absolute atomic E-state index is 0.137. The summed E-state index contributed by atoms with van der Waals surface area (Å²) in [5.41, 5.74) is -1.84. The molecular weight excluding hydrogens is 441 g/mol. The average molecular weight is 468 g/mol. The Morgan fingerprint density at radius 1 is 1.03 bits per heavy atom.